The van der Waals surface area contributed by atoms with Crippen molar-refractivity contribution in [2.45, 2.75) is 44.1 Å². The molecular weight excluding hydrogens is 306 g/mol. The zero-order valence-electron chi connectivity index (χ0n) is 13.9. The van der Waals surface area contributed by atoms with Gasteiger partial charge >= 0.3 is 0 Å². The molecular formula is C17H23N5O2. The van der Waals surface area contributed by atoms with Gasteiger partial charge in [-0.2, -0.15) is 5.26 Å². The Morgan fingerprint density at radius 2 is 1.96 bits per heavy atom. The van der Waals surface area contributed by atoms with Gasteiger partial charge in [-0.1, -0.05) is 24.4 Å². The van der Waals surface area contributed by atoms with Crippen molar-refractivity contribution < 1.29 is 9.32 Å². The van der Waals surface area contributed by atoms with Crippen molar-refractivity contribution in [2.24, 2.45) is 0 Å². The zero-order chi connectivity index (χ0) is 16.5. The van der Waals surface area contributed by atoms with Gasteiger partial charge in [-0.3, -0.25) is 14.6 Å². The molecule has 1 amide bonds. The zero-order valence-corrected chi connectivity index (χ0v) is 13.9. The summed E-state index contributed by atoms with van der Waals surface area (Å²) >= 11 is 0. The van der Waals surface area contributed by atoms with Crippen LogP contribution in [0.25, 0.3) is 0 Å². The lowest BCUT2D eigenvalue weighted by Crippen LogP contribution is -2.64. The lowest BCUT2D eigenvalue weighted by Gasteiger charge is -2.44. The second-order valence-electron chi connectivity index (χ2n) is 7.01. The monoisotopic (exact) mass is 329 g/mol. The van der Waals surface area contributed by atoms with E-state index in [0.717, 1.165) is 31.6 Å². The SMILES string of the molecule is N#CN1CCN2CCN(c3cc(C4CCCCC4)no3)C(=O)[C@H]2C1. The van der Waals surface area contributed by atoms with Crippen LogP contribution in [0.15, 0.2) is 10.6 Å². The molecule has 1 aromatic rings. The van der Waals surface area contributed by atoms with Crippen LogP contribution in [0.4, 0.5) is 5.88 Å². The Morgan fingerprint density at radius 3 is 2.75 bits per heavy atom. The van der Waals surface area contributed by atoms with Crippen LogP contribution in [0.3, 0.4) is 0 Å². The molecule has 0 aromatic carbocycles. The molecule has 0 N–H and O–H groups in total. The van der Waals surface area contributed by atoms with Gasteiger partial charge in [0.05, 0.1) is 12.2 Å². The number of rotatable bonds is 2. The van der Waals surface area contributed by atoms with Gasteiger partial charge in [0.15, 0.2) is 6.19 Å². The van der Waals surface area contributed by atoms with Crippen molar-refractivity contribution in [3.8, 4) is 6.19 Å². The van der Waals surface area contributed by atoms with Gasteiger partial charge in [-0.15, -0.1) is 0 Å². The first-order valence-corrected chi connectivity index (χ1v) is 8.93. The van der Waals surface area contributed by atoms with Crippen LogP contribution in [0.2, 0.25) is 0 Å². The summed E-state index contributed by atoms with van der Waals surface area (Å²) in [5.41, 5.74) is 0.988. The predicted octanol–water partition coefficient (Wildman–Crippen LogP) is 1.54. The molecule has 24 heavy (non-hydrogen) atoms. The fraction of sp³-hybridized carbons (Fsp3) is 0.706. The molecule has 3 aliphatic rings. The van der Waals surface area contributed by atoms with E-state index in [0.29, 0.717) is 31.4 Å². The third-order valence-corrected chi connectivity index (χ3v) is 5.60. The highest BCUT2D eigenvalue weighted by atomic mass is 16.5. The number of carbonyl (C=O) groups excluding carboxylic acids is 1. The second-order valence-corrected chi connectivity index (χ2v) is 7.01. The third kappa shape index (κ3) is 2.75. The molecule has 0 radical (unpaired) electrons. The van der Waals surface area contributed by atoms with Crippen LogP contribution in [-0.2, 0) is 4.79 Å². The molecule has 1 aliphatic carbocycles. The molecule has 3 fully saturated rings. The summed E-state index contributed by atoms with van der Waals surface area (Å²) in [5.74, 6) is 1.05. The molecule has 2 aliphatic heterocycles. The molecule has 1 saturated carbocycles. The van der Waals surface area contributed by atoms with E-state index >= 15 is 0 Å². The number of nitriles is 1. The highest BCUT2D eigenvalue weighted by molar-refractivity contribution is 5.97. The van der Waals surface area contributed by atoms with Crippen molar-refractivity contribution in [1.82, 2.24) is 15.0 Å². The van der Waals surface area contributed by atoms with Crippen LogP contribution >= 0.6 is 0 Å². The molecule has 128 valence electrons. The predicted molar refractivity (Wildman–Crippen MR) is 87.2 cm³/mol. The summed E-state index contributed by atoms with van der Waals surface area (Å²) in [6.45, 7) is 3.38. The van der Waals surface area contributed by atoms with Gasteiger partial charge < -0.3 is 9.42 Å². The Bertz CT molecular complexity index is 646. The van der Waals surface area contributed by atoms with Gasteiger partial charge in [0.25, 0.3) is 0 Å². The molecule has 0 bridgehead atoms. The normalized spacial score (nSPS) is 26.3. The first-order chi connectivity index (χ1) is 11.8. The van der Waals surface area contributed by atoms with E-state index in [4.69, 9.17) is 9.78 Å². The summed E-state index contributed by atoms with van der Waals surface area (Å²) in [4.78, 5) is 18.4. The van der Waals surface area contributed by atoms with E-state index in [1.165, 1.54) is 19.3 Å². The Kier molecular flexibility index (Phi) is 4.15. The van der Waals surface area contributed by atoms with Gasteiger partial charge in [0, 0.05) is 38.2 Å². The van der Waals surface area contributed by atoms with E-state index in [9.17, 15) is 4.79 Å². The number of carbonyl (C=O) groups is 1. The van der Waals surface area contributed by atoms with Crippen LogP contribution < -0.4 is 4.90 Å². The van der Waals surface area contributed by atoms with Crippen molar-refractivity contribution in [2.75, 3.05) is 37.6 Å². The summed E-state index contributed by atoms with van der Waals surface area (Å²) < 4.78 is 5.52. The van der Waals surface area contributed by atoms with E-state index in [1.54, 1.807) is 9.80 Å². The third-order valence-electron chi connectivity index (χ3n) is 5.60. The van der Waals surface area contributed by atoms with E-state index in [1.807, 2.05) is 6.07 Å². The van der Waals surface area contributed by atoms with Crippen LogP contribution in [0.1, 0.15) is 43.7 Å². The first-order valence-electron chi connectivity index (χ1n) is 8.93. The van der Waals surface area contributed by atoms with Crippen molar-refractivity contribution >= 4 is 11.8 Å². The van der Waals surface area contributed by atoms with Gasteiger partial charge in [0.2, 0.25) is 11.8 Å². The molecule has 0 spiro atoms. The quantitative estimate of drug-likeness (QED) is 0.766. The van der Waals surface area contributed by atoms with Crippen LogP contribution in [-0.4, -0.2) is 59.6 Å². The molecule has 7 heteroatoms. The Hall–Kier alpha value is -2.07. The number of piperazine rings is 2. The molecule has 1 aromatic heterocycles. The average Bonchev–Trinajstić information content (AvgIpc) is 3.12. The number of fused-ring (bicyclic) bond motifs is 1. The van der Waals surface area contributed by atoms with E-state index in [2.05, 4.69) is 16.2 Å². The van der Waals surface area contributed by atoms with Crippen molar-refractivity contribution in [3.63, 3.8) is 0 Å². The fourth-order valence-corrected chi connectivity index (χ4v) is 4.15. The maximum Gasteiger partial charge on any atom is 0.248 e. The second kappa shape index (κ2) is 6.44. The maximum atomic E-state index is 12.9. The minimum Gasteiger partial charge on any atom is -0.338 e. The summed E-state index contributed by atoms with van der Waals surface area (Å²) in [5, 5.41) is 13.3. The van der Waals surface area contributed by atoms with Crippen LogP contribution in [0, 0.1) is 11.5 Å². The van der Waals surface area contributed by atoms with Crippen molar-refractivity contribution in [1.29, 1.82) is 5.26 Å². The molecule has 7 nitrogen and oxygen atoms in total. The summed E-state index contributed by atoms with van der Waals surface area (Å²) in [6, 6.07) is 1.70. The summed E-state index contributed by atoms with van der Waals surface area (Å²) in [7, 11) is 0. The molecule has 2 saturated heterocycles. The lowest BCUT2D eigenvalue weighted by molar-refractivity contribution is -0.128. The Morgan fingerprint density at radius 1 is 1.17 bits per heavy atom. The highest BCUT2D eigenvalue weighted by Crippen LogP contribution is 2.34. The fourth-order valence-electron chi connectivity index (χ4n) is 4.15. The number of nitrogens with zero attached hydrogens (tertiary/aromatic N) is 5. The van der Waals surface area contributed by atoms with E-state index < -0.39 is 0 Å². The first kappa shape index (κ1) is 15.5. The highest BCUT2D eigenvalue weighted by Gasteiger charge is 2.40. The largest absolute Gasteiger partial charge is 0.338 e. The number of aromatic nitrogens is 1. The van der Waals surface area contributed by atoms with Crippen LogP contribution in [0.5, 0.6) is 0 Å². The molecule has 4 rings (SSSR count). The number of hydrogen-bond donors (Lipinski definition) is 0. The van der Waals surface area contributed by atoms with Gasteiger partial charge in [0.1, 0.15) is 6.04 Å². The maximum absolute atomic E-state index is 12.9. The lowest BCUT2D eigenvalue weighted by atomic mass is 9.87. The Balaban J connectivity index is 1.49. The molecule has 3 heterocycles. The summed E-state index contributed by atoms with van der Waals surface area (Å²) in [6.07, 6.45) is 8.28. The Labute approximate surface area is 141 Å². The van der Waals surface area contributed by atoms with Gasteiger partial charge in [-0.05, 0) is 12.8 Å². The minimum absolute atomic E-state index is 0.0209. The topological polar surface area (TPSA) is 76.6 Å². The minimum atomic E-state index is -0.254. The van der Waals surface area contributed by atoms with Gasteiger partial charge in [-0.25, -0.2) is 0 Å². The number of anilines is 1. The number of amides is 1. The van der Waals surface area contributed by atoms with Crippen molar-refractivity contribution in [3.05, 3.63) is 11.8 Å². The average molecular weight is 329 g/mol. The molecule has 1 atom stereocenters. The van der Waals surface area contributed by atoms with E-state index in [-0.39, 0.29) is 11.9 Å². The molecule has 0 unspecified atom stereocenters. The number of hydrogen-bond acceptors (Lipinski definition) is 6. The standard InChI is InChI=1S/C17H23N5O2/c18-12-20-6-7-21-8-9-22(17(23)15(21)11-20)16-10-14(19-24-16)13-4-2-1-3-5-13/h10,13,15H,1-9,11H2/t15-/m1/s1. The smallest absolute Gasteiger partial charge is 0.248 e.